The lowest BCUT2D eigenvalue weighted by atomic mass is 9.93. The van der Waals surface area contributed by atoms with Crippen LogP contribution in [-0.2, 0) is 20.8 Å². The summed E-state index contributed by atoms with van der Waals surface area (Å²) in [5.74, 6) is -3.12. The maximum atomic E-state index is 13.9. The summed E-state index contributed by atoms with van der Waals surface area (Å²) in [6, 6.07) is 3.91. The Morgan fingerprint density at radius 2 is 1.77 bits per heavy atom. The topological polar surface area (TPSA) is 152 Å². The van der Waals surface area contributed by atoms with Gasteiger partial charge in [-0.15, -0.1) is 11.3 Å². The maximum absolute atomic E-state index is 13.9. The van der Waals surface area contributed by atoms with Gasteiger partial charge in [0.1, 0.15) is 28.7 Å². The fourth-order valence-electron chi connectivity index (χ4n) is 6.19. The molecule has 1 aliphatic rings. The van der Waals surface area contributed by atoms with Crippen molar-refractivity contribution in [3.8, 4) is 0 Å². The monoisotopic (exact) mass is 689 g/mol. The van der Waals surface area contributed by atoms with Crippen molar-refractivity contribution in [3.63, 3.8) is 0 Å². The molecule has 1 aromatic carbocycles. The highest BCUT2D eigenvalue weighted by Gasteiger charge is 2.37. The molecule has 0 bridgehead atoms. The number of hydrogen-bond donors (Lipinski definition) is 4. The van der Waals surface area contributed by atoms with Crippen molar-refractivity contribution < 1.29 is 33.8 Å². The first kappa shape index (κ1) is 39.0. The minimum absolute atomic E-state index is 0.0333. The molecule has 266 valence electrons. The van der Waals surface area contributed by atoms with Gasteiger partial charge < -0.3 is 25.7 Å². The Labute approximate surface area is 287 Å². The molecule has 3 rings (SSSR count). The van der Waals surface area contributed by atoms with Gasteiger partial charge in [-0.2, -0.15) is 0 Å². The smallest absolute Gasteiger partial charge is 0.306 e. The number of aliphatic hydroxyl groups excluding tert-OH is 1. The van der Waals surface area contributed by atoms with Crippen LogP contribution in [0.2, 0.25) is 0 Å². The number of likely N-dealkylation sites (N-methyl/N-ethyl adjacent to an activating group) is 2. The number of halogens is 1. The number of aromatic nitrogens is 1. The maximum Gasteiger partial charge on any atom is 0.306 e. The molecule has 48 heavy (non-hydrogen) atoms. The Kier molecular flexibility index (Phi) is 14.5. The number of aliphatic hydroxyl groups is 1. The standard InChI is InChI=1S/C35H52FN5O6S/c1-8-21(4)30(39-32(44)27-10-9-15-40(27)6)34(45)41(7)28(20(2)3)18-29(42)33-38-26(19-48-33)31(43)37-25(16-22(5)35(46)47)17-23-11-13-24(36)14-12-23/h11-14,19-22,25,27-30,42H,8-10,15-18H2,1-7H3,(H,37,43)(H,39,44)(H,46,47)/t21?,22-,25+,27+,28+,29+,30-/m0/s1. The summed E-state index contributed by atoms with van der Waals surface area (Å²) in [6.07, 6.45) is 1.95. The van der Waals surface area contributed by atoms with Crippen molar-refractivity contribution in [1.82, 2.24) is 25.4 Å². The third-order valence-electron chi connectivity index (χ3n) is 9.51. The molecule has 7 atom stereocenters. The van der Waals surface area contributed by atoms with Crippen LogP contribution in [-0.4, -0.2) is 93.5 Å². The number of carbonyl (C=O) groups is 4. The quantitative estimate of drug-likeness (QED) is 0.192. The summed E-state index contributed by atoms with van der Waals surface area (Å²) in [7, 11) is 3.61. The highest BCUT2D eigenvalue weighted by Crippen LogP contribution is 2.28. The number of thiazole rings is 1. The molecule has 0 saturated carbocycles. The highest BCUT2D eigenvalue weighted by molar-refractivity contribution is 7.09. The van der Waals surface area contributed by atoms with Gasteiger partial charge in [0.15, 0.2) is 0 Å². The zero-order valence-corrected chi connectivity index (χ0v) is 29.9. The van der Waals surface area contributed by atoms with Gasteiger partial charge in [0.25, 0.3) is 5.91 Å². The molecule has 4 N–H and O–H groups in total. The van der Waals surface area contributed by atoms with Crippen LogP contribution in [0.1, 0.15) is 93.9 Å². The molecule has 2 aromatic rings. The van der Waals surface area contributed by atoms with Gasteiger partial charge in [-0.3, -0.25) is 24.1 Å². The van der Waals surface area contributed by atoms with Crippen molar-refractivity contribution in [3.05, 3.63) is 51.7 Å². The molecule has 1 unspecified atom stereocenters. The third kappa shape index (κ3) is 10.5. The molecular formula is C35H52FN5O6S. The number of likely N-dealkylation sites (tertiary alicyclic amines) is 1. The van der Waals surface area contributed by atoms with Crippen molar-refractivity contribution in [2.75, 3.05) is 20.6 Å². The predicted octanol–water partition coefficient (Wildman–Crippen LogP) is 4.27. The zero-order valence-electron chi connectivity index (χ0n) is 29.1. The molecule has 1 fully saturated rings. The average Bonchev–Trinajstić information content (AvgIpc) is 3.72. The Hall–Kier alpha value is -3.42. The molecule has 0 spiro atoms. The van der Waals surface area contributed by atoms with Gasteiger partial charge in [0.05, 0.1) is 12.0 Å². The number of benzene rings is 1. The van der Waals surface area contributed by atoms with Crippen molar-refractivity contribution in [2.45, 2.75) is 103 Å². The second-order valence-corrected chi connectivity index (χ2v) is 14.5. The molecule has 0 aliphatic carbocycles. The molecule has 1 aliphatic heterocycles. The molecule has 1 saturated heterocycles. The molecule has 2 heterocycles. The van der Waals surface area contributed by atoms with Gasteiger partial charge in [0.2, 0.25) is 11.8 Å². The largest absolute Gasteiger partial charge is 0.481 e. The van der Waals surface area contributed by atoms with Crippen molar-refractivity contribution in [1.29, 1.82) is 0 Å². The summed E-state index contributed by atoms with van der Waals surface area (Å²) in [4.78, 5) is 59.9. The number of carboxylic acids is 1. The number of nitrogens with zero attached hydrogens (tertiary/aromatic N) is 3. The number of carboxylic acid groups (broad SMARTS) is 1. The van der Waals surface area contributed by atoms with Gasteiger partial charge in [-0.1, -0.05) is 53.2 Å². The third-order valence-corrected chi connectivity index (χ3v) is 10.5. The number of nitrogens with one attached hydrogen (secondary N) is 2. The molecule has 3 amide bonds. The van der Waals surface area contributed by atoms with Crippen LogP contribution in [0.5, 0.6) is 0 Å². The van der Waals surface area contributed by atoms with Crippen LogP contribution in [0.15, 0.2) is 29.6 Å². The number of amides is 3. The lowest BCUT2D eigenvalue weighted by molar-refractivity contribution is -0.141. The lowest BCUT2D eigenvalue weighted by Gasteiger charge is -2.37. The minimum Gasteiger partial charge on any atom is -0.481 e. The molecule has 0 radical (unpaired) electrons. The van der Waals surface area contributed by atoms with E-state index in [-0.39, 0.29) is 54.3 Å². The van der Waals surface area contributed by atoms with Crippen molar-refractivity contribution in [2.24, 2.45) is 17.8 Å². The fraction of sp³-hybridized carbons (Fsp3) is 0.629. The summed E-state index contributed by atoms with van der Waals surface area (Å²) in [5, 5.41) is 28.5. The first-order valence-corrected chi connectivity index (χ1v) is 17.7. The van der Waals surface area contributed by atoms with E-state index in [1.807, 2.05) is 39.6 Å². The number of rotatable bonds is 17. The van der Waals surface area contributed by atoms with E-state index in [4.69, 9.17) is 0 Å². The van der Waals surface area contributed by atoms with Gasteiger partial charge >= 0.3 is 5.97 Å². The summed E-state index contributed by atoms with van der Waals surface area (Å²) in [5.41, 5.74) is 0.830. The van der Waals surface area contributed by atoms with Crippen LogP contribution in [0.4, 0.5) is 4.39 Å². The Balaban J connectivity index is 1.71. The second kappa shape index (κ2) is 17.8. The minimum atomic E-state index is -1.06. The molecular weight excluding hydrogens is 637 g/mol. The molecule has 1 aromatic heterocycles. The Morgan fingerprint density at radius 3 is 2.33 bits per heavy atom. The predicted molar refractivity (Wildman–Crippen MR) is 183 cm³/mol. The first-order valence-electron chi connectivity index (χ1n) is 16.8. The van der Waals surface area contributed by atoms with Gasteiger partial charge in [-0.25, -0.2) is 9.37 Å². The summed E-state index contributed by atoms with van der Waals surface area (Å²) < 4.78 is 13.4. The van der Waals surface area contributed by atoms with Gasteiger partial charge in [-0.05, 0) is 68.8 Å². The van der Waals surface area contributed by atoms with E-state index >= 15 is 0 Å². The van der Waals surface area contributed by atoms with Crippen LogP contribution in [0.3, 0.4) is 0 Å². The molecule has 11 nitrogen and oxygen atoms in total. The first-order chi connectivity index (χ1) is 22.6. The Bertz CT molecular complexity index is 1390. The second-order valence-electron chi connectivity index (χ2n) is 13.6. The Morgan fingerprint density at radius 1 is 1.10 bits per heavy atom. The normalized spacial score (nSPS) is 18.8. The zero-order chi connectivity index (χ0) is 35.7. The summed E-state index contributed by atoms with van der Waals surface area (Å²) >= 11 is 1.13. The number of aliphatic carboxylic acids is 1. The molecule has 13 heteroatoms. The van der Waals surface area contributed by atoms with E-state index in [2.05, 4.69) is 15.6 Å². The van der Waals surface area contributed by atoms with E-state index in [0.717, 1.165) is 36.3 Å². The average molecular weight is 690 g/mol. The van der Waals surface area contributed by atoms with Crippen LogP contribution < -0.4 is 10.6 Å². The van der Waals surface area contributed by atoms with E-state index in [9.17, 15) is 33.8 Å². The SMILES string of the molecule is CCC(C)[C@H](NC(=O)[C@H]1CCCN1C)C(=O)N(C)[C@H](C[C@@H](O)c1nc(C(=O)N[C@@H](Cc2ccc(F)cc2)C[C@H](C)C(=O)O)cs1)C(C)C. The van der Waals surface area contributed by atoms with Crippen LogP contribution in [0.25, 0.3) is 0 Å². The van der Waals surface area contributed by atoms with Crippen LogP contribution in [0, 0.1) is 23.6 Å². The number of carbonyl (C=O) groups excluding carboxylic acids is 3. The van der Waals surface area contributed by atoms with Crippen molar-refractivity contribution >= 4 is 35.0 Å². The number of hydrogen-bond acceptors (Lipinski definition) is 8. The van der Waals surface area contributed by atoms with Gasteiger partial charge in [0, 0.05) is 30.9 Å². The fourth-order valence-corrected chi connectivity index (χ4v) is 6.99. The van der Waals surface area contributed by atoms with E-state index < -0.39 is 41.8 Å². The van der Waals surface area contributed by atoms with E-state index in [1.165, 1.54) is 17.5 Å². The summed E-state index contributed by atoms with van der Waals surface area (Å²) in [6.45, 7) is 10.3. The van der Waals surface area contributed by atoms with E-state index in [1.54, 1.807) is 31.0 Å². The van der Waals surface area contributed by atoms with E-state index in [0.29, 0.717) is 17.8 Å². The van der Waals surface area contributed by atoms with Crippen LogP contribution >= 0.6 is 11.3 Å². The lowest BCUT2D eigenvalue weighted by Crippen LogP contribution is -2.56. The highest BCUT2D eigenvalue weighted by atomic mass is 32.1.